The second-order valence-electron chi connectivity index (χ2n) is 6.19. The zero-order chi connectivity index (χ0) is 20.8. The van der Waals surface area contributed by atoms with Crippen molar-refractivity contribution in [2.24, 2.45) is 5.92 Å². The van der Waals surface area contributed by atoms with Gasteiger partial charge in [-0.2, -0.15) is 0 Å². The third-order valence-electron chi connectivity index (χ3n) is 4.23. The minimum absolute atomic E-state index is 0.0131. The normalized spacial score (nSPS) is 15.8. The fourth-order valence-electron chi connectivity index (χ4n) is 2.78. The maximum Gasteiger partial charge on any atom is 0.311 e. The molecule has 0 aliphatic carbocycles. The molecule has 9 nitrogen and oxygen atoms in total. The number of hydrogen-bond donors (Lipinski definition) is 2. The van der Waals surface area contributed by atoms with Crippen LogP contribution in [0.25, 0.3) is 0 Å². The molecule has 2 heterocycles. The average Bonchev–Trinajstić information content (AvgIpc) is 3.40. The van der Waals surface area contributed by atoms with Gasteiger partial charge in [-0.15, -0.1) is 11.8 Å². The van der Waals surface area contributed by atoms with Crippen LogP contribution in [0.4, 0.5) is 5.69 Å². The molecule has 0 radical (unpaired) electrons. The SMILES string of the molecule is CSc1cccc(N2C[C@@H](C(=O)OCC(=O)NNC(=O)c3ccco3)CC2=O)c1. The highest BCUT2D eigenvalue weighted by Crippen LogP contribution is 2.28. The number of rotatable bonds is 6. The predicted molar refractivity (Wildman–Crippen MR) is 104 cm³/mol. The minimum atomic E-state index is -0.716. The van der Waals surface area contributed by atoms with Crippen molar-refractivity contribution in [2.45, 2.75) is 11.3 Å². The van der Waals surface area contributed by atoms with Crippen molar-refractivity contribution in [3.05, 3.63) is 48.4 Å². The molecule has 1 aromatic carbocycles. The molecule has 1 saturated heterocycles. The molecule has 0 spiro atoms. The van der Waals surface area contributed by atoms with E-state index in [4.69, 9.17) is 9.15 Å². The molecule has 1 aromatic heterocycles. The molecule has 10 heteroatoms. The van der Waals surface area contributed by atoms with Gasteiger partial charge in [-0.1, -0.05) is 6.07 Å². The Hall–Kier alpha value is -3.27. The van der Waals surface area contributed by atoms with Crippen LogP contribution in [0.15, 0.2) is 52.0 Å². The van der Waals surface area contributed by atoms with Crippen molar-refractivity contribution in [3.63, 3.8) is 0 Å². The van der Waals surface area contributed by atoms with Crippen LogP contribution in [0.3, 0.4) is 0 Å². The smallest absolute Gasteiger partial charge is 0.311 e. The minimum Gasteiger partial charge on any atom is -0.459 e. The predicted octanol–water partition coefficient (Wildman–Crippen LogP) is 1.36. The van der Waals surface area contributed by atoms with Crippen molar-refractivity contribution in [3.8, 4) is 0 Å². The van der Waals surface area contributed by atoms with Gasteiger partial charge in [0.15, 0.2) is 12.4 Å². The summed E-state index contributed by atoms with van der Waals surface area (Å²) in [6.45, 7) is -0.393. The number of anilines is 1. The number of nitrogens with one attached hydrogen (secondary N) is 2. The van der Waals surface area contributed by atoms with Crippen LogP contribution in [0.2, 0.25) is 0 Å². The number of hydrogen-bond acceptors (Lipinski definition) is 7. The summed E-state index contributed by atoms with van der Waals surface area (Å²) in [6.07, 6.45) is 3.27. The highest BCUT2D eigenvalue weighted by atomic mass is 32.2. The summed E-state index contributed by atoms with van der Waals surface area (Å²) in [7, 11) is 0. The Bertz CT molecular complexity index is 914. The molecule has 1 aliphatic rings. The maximum atomic E-state index is 12.3. The first-order valence-electron chi connectivity index (χ1n) is 8.71. The Kier molecular flexibility index (Phi) is 6.55. The van der Waals surface area contributed by atoms with Gasteiger partial charge in [0.25, 0.3) is 5.91 Å². The quantitative estimate of drug-likeness (QED) is 0.414. The number of esters is 1. The summed E-state index contributed by atoms with van der Waals surface area (Å²) in [6, 6.07) is 10.4. The number of benzene rings is 1. The van der Waals surface area contributed by atoms with Crippen LogP contribution in [-0.2, 0) is 19.1 Å². The topological polar surface area (TPSA) is 118 Å². The molecule has 2 aromatic rings. The van der Waals surface area contributed by atoms with Gasteiger partial charge in [0.2, 0.25) is 5.91 Å². The fourth-order valence-corrected chi connectivity index (χ4v) is 3.23. The van der Waals surface area contributed by atoms with Crippen LogP contribution in [0.1, 0.15) is 17.0 Å². The number of amides is 3. The number of carbonyl (C=O) groups is 4. The first-order chi connectivity index (χ1) is 14.0. The molecule has 0 saturated carbocycles. The molecule has 1 fully saturated rings. The van der Waals surface area contributed by atoms with Crippen LogP contribution in [0.5, 0.6) is 0 Å². The average molecular weight is 417 g/mol. The monoisotopic (exact) mass is 417 g/mol. The Balaban J connectivity index is 1.46. The molecule has 2 N–H and O–H groups in total. The highest BCUT2D eigenvalue weighted by Gasteiger charge is 2.36. The lowest BCUT2D eigenvalue weighted by Crippen LogP contribution is -2.43. The molecule has 3 rings (SSSR count). The zero-order valence-corrected chi connectivity index (χ0v) is 16.4. The lowest BCUT2D eigenvalue weighted by molar-refractivity contribution is -0.152. The third-order valence-corrected chi connectivity index (χ3v) is 4.95. The second kappa shape index (κ2) is 9.28. The van der Waals surface area contributed by atoms with Gasteiger partial charge in [0.05, 0.1) is 12.2 Å². The van der Waals surface area contributed by atoms with Crippen LogP contribution in [0, 0.1) is 5.92 Å². The molecular formula is C19H19N3O6S. The summed E-state index contributed by atoms with van der Waals surface area (Å²) >= 11 is 1.56. The summed E-state index contributed by atoms with van der Waals surface area (Å²) in [5, 5.41) is 0. The van der Waals surface area contributed by atoms with Crippen molar-refractivity contribution < 1.29 is 28.3 Å². The van der Waals surface area contributed by atoms with Crippen molar-refractivity contribution in [1.29, 1.82) is 0 Å². The Morgan fingerprint density at radius 1 is 1.24 bits per heavy atom. The molecular weight excluding hydrogens is 398 g/mol. The van der Waals surface area contributed by atoms with Gasteiger partial charge in [-0.25, -0.2) is 0 Å². The van der Waals surface area contributed by atoms with Gasteiger partial charge in [0, 0.05) is 23.5 Å². The molecule has 0 bridgehead atoms. The number of furan rings is 1. The number of ether oxygens (including phenoxy) is 1. The first-order valence-corrected chi connectivity index (χ1v) is 9.94. The van der Waals surface area contributed by atoms with E-state index in [2.05, 4.69) is 10.9 Å². The van der Waals surface area contributed by atoms with Gasteiger partial charge in [-0.3, -0.25) is 30.0 Å². The molecule has 1 aliphatic heterocycles. The van der Waals surface area contributed by atoms with E-state index in [9.17, 15) is 19.2 Å². The van der Waals surface area contributed by atoms with E-state index >= 15 is 0 Å². The van der Waals surface area contributed by atoms with Crippen molar-refractivity contribution in [1.82, 2.24) is 10.9 Å². The van der Waals surface area contributed by atoms with E-state index in [0.717, 1.165) is 10.6 Å². The van der Waals surface area contributed by atoms with Crippen LogP contribution < -0.4 is 15.8 Å². The number of thioether (sulfide) groups is 1. The summed E-state index contributed by atoms with van der Waals surface area (Å²) in [4.78, 5) is 50.5. The summed E-state index contributed by atoms with van der Waals surface area (Å²) in [5.41, 5.74) is 4.97. The lowest BCUT2D eigenvalue weighted by atomic mass is 10.1. The second-order valence-corrected chi connectivity index (χ2v) is 7.07. The number of nitrogens with zero attached hydrogens (tertiary/aromatic N) is 1. The molecule has 29 heavy (non-hydrogen) atoms. The number of carbonyl (C=O) groups excluding carboxylic acids is 4. The Morgan fingerprint density at radius 3 is 2.79 bits per heavy atom. The highest BCUT2D eigenvalue weighted by molar-refractivity contribution is 7.98. The van der Waals surface area contributed by atoms with E-state index in [0.29, 0.717) is 0 Å². The van der Waals surface area contributed by atoms with E-state index in [1.165, 1.54) is 23.3 Å². The Morgan fingerprint density at radius 2 is 2.07 bits per heavy atom. The zero-order valence-electron chi connectivity index (χ0n) is 15.5. The standard InChI is InChI=1S/C19H19N3O6S/c1-29-14-5-2-4-13(9-14)22-10-12(8-17(22)24)19(26)28-11-16(23)20-21-18(25)15-6-3-7-27-15/h2-7,9,12H,8,10-11H2,1H3,(H,20,23)(H,21,25)/t12-/m0/s1. The molecule has 1 atom stereocenters. The molecule has 152 valence electrons. The lowest BCUT2D eigenvalue weighted by Gasteiger charge is -2.17. The number of hydrazine groups is 1. The maximum absolute atomic E-state index is 12.3. The van der Waals surface area contributed by atoms with Gasteiger partial charge >= 0.3 is 11.9 Å². The van der Waals surface area contributed by atoms with E-state index < -0.39 is 30.3 Å². The fraction of sp³-hybridized carbons (Fsp3) is 0.263. The van der Waals surface area contributed by atoms with Crippen molar-refractivity contribution in [2.75, 3.05) is 24.3 Å². The Labute approximate surface area is 170 Å². The van der Waals surface area contributed by atoms with E-state index in [-0.39, 0.29) is 24.6 Å². The van der Waals surface area contributed by atoms with E-state index in [1.807, 2.05) is 24.5 Å². The van der Waals surface area contributed by atoms with Gasteiger partial charge < -0.3 is 14.1 Å². The van der Waals surface area contributed by atoms with E-state index in [1.54, 1.807) is 17.8 Å². The third kappa shape index (κ3) is 5.17. The van der Waals surface area contributed by atoms with Crippen LogP contribution in [-0.4, -0.2) is 43.1 Å². The van der Waals surface area contributed by atoms with Gasteiger partial charge in [0.1, 0.15) is 0 Å². The molecule has 3 amide bonds. The summed E-state index contributed by atoms with van der Waals surface area (Å²) in [5.74, 6) is -2.82. The first kappa shape index (κ1) is 20.5. The largest absolute Gasteiger partial charge is 0.459 e. The summed E-state index contributed by atoms with van der Waals surface area (Å²) < 4.78 is 9.86. The van der Waals surface area contributed by atoms with Crippen molar-refractivity contribution >= 4 is 41.1 Å². The van der Waals surface area contributed by atoms with Gasteiger partial charge in [-0.05, 0) is 36.6 Å². The van der Waals surface area contributed by atoms with Crippen LogP contribution >= 0.6 is 11.8 Å². The molecule has 0 unspecified atom stereocenters.